The Morgan fingerprint density at radius 3 is 2.58 bits per heavy atom. The minimum Gasteiger partial charge on any atom is -0.478 e. The number of aryl methyl sites for hydroxylation is 1. The highest BCUT2D eigenvalue weighted by molar-refractivity contribution is 5.85. The number of nitrogens with one attached hydrogen (secondary N) is 1. The van der Waals surface area contributed by atoms with Gasteiger partial charge in [0.25, 0.3) is 5.91 Å². The summed E-state index contributed by atoms with van der Waals surface area (Å²) in [6.07, 6.45) is 4.43. The maximum absolute atomic E-state index is 12.8. The van der Waals surface area contributed by atoms with Crippen molar-refractivity contribution in [3.8, 4) is 5.75 Å². The van der Waals surface area contributed by atoms with Gasteiger partial charge < -0.3 is 14.8 Å². The van der Waals surface area contributed by atoms with Crippen LogP contribution in [0.3, 0.4) is 0 Å². The zero-order valence-electron chi connectivity index (χ0n) is 15.6. The SMILES string of the molecule is Cc1ccc(OC(C)(C)C(=O)NC2COCC2Cc2ccncc2)cc1. The van der Waals surface area contributed by atoms with E-state index in [2.05, 4.69) is 10.3 Å². The molecule has 1 aromatic heterocycles. The molecule has 1 saturated heterocycles. The summed E-state index contributed by atoms with van der Waals surface area (Å²) >= 11 is 0. The number of amides is 1. The Morgan fingerprint density at radius 1 is 1.19 bits per heavy atom. The second kappa shape index (κ2) is 7.87. The van der Waals surface area contributed by atoms with Gasteiger partial charge in [0, 0.05) is 18.3 Å². The van der Waals surface area contributed by atoms with Gasteiger partial charge in [0.1, 0.15) is 5.75 Å². The van der Waals surface area contributed by atoms with Gasteiger partial charge in [0.15, 0.2) is 5.60 Å². The smallest absolute Gasteiger partial charge is 0.263 e. The lowest BCUT2D eigenvalue weighted by Crippen LogP contribution is -2.52. The second-order valence-corrected chi connectivity index (χ2v) is 7.36. The van der Waals surface area contributed by atoms with E-state index in [-0.39, 0.29) is 17.9 Å². The van der Waals surface area contributed by atoms with Crippen LogP contribution >= 0.6 is 0 Å². The van der Waals surface area contributed by atoms with E-state index in [4.69, 9.17) is 9.47 Å². The summed E-state index contributed by atoms with van der Waals surface area (Å²) in [6.45, 7) is 6.77. The lowest BCUT2D eigenvalue weighted by molar-refractivity contribution is -0.135. The van der Waals surface area contributed by atoms with Gasteiger partial charge >= 0.3 is 0 Å². The third-order valence-electron chi connectivity index (χ3n) is 4.70. The first-order valence-electron chi connectivity index (χ1n) is 8.97. The maximum atomic E-state index is 12.8. The minimum atomic E-state index is -0.959. The first-order valence-corrected chi connectivity index (χ1v) is 8.97. The van der Waals surface area contributed by atoms with Gasteiger partial charge in [-0.25, -0.2) is 0 Å². The van der Waals surface area contributed by atoms with Crippen LogP contribution in [0, 0.1) is 12.8 Å². The Morgan fingerprint density at radius 2 is 1.88 bits per heavy atom. The molecule has 2 unspecified atom stereocenters. The Kier molecular flexibility index (Phi) is 5.57. The predicted molar refractivity (Wildman–Crippen MR) is 100 cm³/mol. The normalized spacial score (nSPS) is 20.0. The van der Waals surface area contributed by atoms with E-state index >= 15 is 0 Å². The number of nitrogens with zero attached hydrogens (tertiary/aromatic N) is 1. The molecule has 5 nitrogen and oxygen atoms in total. The number of carbonyl (C=O) groups is 1. The van der Waals surface area contributed by atoms with Crippen molar-refractivity contribution in [3.05, 3.63) is 59.9 Å². The van der Waals surface area contributed by atoms with Gasteiger partial charge in [-0.1, -0.05) is 17.7 Å². The molecule has 1 aromatic carbocycles. The molecule has 1 amide bonds. The molecular weight excluding hydrogens is 328 g/mol. The summed E-state index contributed by atoms with van der Waals surface area (Å²) in [4.78, 5) is 16.8. The summed E-state index contributed by atoms with van der Waals surface area (Å²) in [5, 5.41) is 3.12. The maximum Gasteiger partial charge on any atom is 0.263 e. The van der Waals surface area contributed by atoms with Crippen LogP contribution in [-0.4, -0.2) is 35.7 Å². The topological polar surface area (TPSA) is 60.5 Å². The van der Waals surface area contributed by atoms with Gasteiger partial charge in [-0.2, -0.15) is 0 Å². The summed E-state index contributed by atoms with van der Waals surface area (Å²) in [5.74, 6) is 0.802. The number of rotatable bonds is 6. The molecular formula is C21H26N2O3. The van der Waals surface area contributed by atoms with Crippen molar-refractivity contribution < 1.29 is 14.3 Å². The quantitative estimate of drug-likeness (QED) is 0.866. The Hall–Kier alpha value is -2.40. The van der Waals surface area contributed by atoms with E-state index in [9.17, 15) is 4.79 Å². The molecule has 138 valence electrons. The van der Waals surface area contributed by atoms with Crippen molar-refractivity contribution in [2.24, 2.45) is 5.92 Å². The molecule has 2 atom stereocenters. The first-order chi connectivity index (χ1) is 12.4. The average Bonchev–Trinajstić information content (AvgIpc) is 3.04. The molecule has 26 heavy (non-hydrogen) atoms. The van der Waals surface area contributed by atoms with Gasteiger partial charge in [-0.3, -0.25) is 9.78 Å². The molecule has 0 saturated carbocycles. The van der Waals surface area contributed by atoms with Gasteiger partial charge in [0.05, 0.1) is 19.3 Å². The monoisotopic (exact) mass is 354 g/mol. The largest absolute Gasteiger partial charge is 0.478 e. The third kappa shape index (κ3) is 4.61. The molecule has 2 heterocycles. The van der Waals surface area contributed by atoms with E-state index < -0.39 is 5.60 Å². The van der Waals surface area contributed by atoms with Crippen LogP contribution in [0.1, 0.15) is 25.0 Å². The average molecular weight is 354 g/mol. The predicted octanol–water partition coefficient (Wildman–Crippen LogP) is 2.92. The highest BCUT2D eigenvalue weighted by atomic mass is 16.5. The van der Waals surface area contributed by atoms with E-state index in [1.165, 1.54) is 5.56 Å². The van der Waals surface area contributed by atoms with Crippen molar-refractivity contribution in [3.63, 3.8) is 0 Å². The fraction of sp³-hybridized carbons (Fsp3) is 0.429. The Bertz CT molecular complexity index is 729. The van der Waals surface area contributed by atoms with Crippen LogP contribution in [0.2, 0.25) is 0 Å². The van der Waals surface area contributed by atoms with Gasteiger partial charge in [0.2, 0.25) is 0 Å². The molecule has 1 aliphatic heterocycles. The highest BCUT2D eigenvalue weighted by Crippen LogP contribution is 2.22. The molecule has 0 bridgehead atoms. The number of pyridine rings is 1. The van der Waals surface area contributed by atoms with Crippen LogP contribution < -0.4 is 10.1 Å². The number of hydrogen-bond acceptors (Lipinski definition) is 4. The number of aromatic nitrogens is 1. The number of carbonyl (C=O) groups excluding carboxylic acids is 1. The molecule has 0 spiro atoms. The van der Waals surface area contributed by atoms with Crippen LogP contribution in [0.15, 0.2) is 48.8 Å². The molecule has 3 rings (SSSR count). The molecule has 1 fully saturated rings. The van der Waals surface area contributed by atoms with Crippen LogP contribution in [-0.2, 0) is 16.0 Å². The molecule has 0 aliphatic carbocycles. The van der Waals surface area contributed by atoms with Crippen molar-refractivity contribution in [1.29, 1.82) is 0 Å². The van der Waals surface area contributed by atoms with Gasteiger partial charge in [-0.05, 0) is 57.0 Å². The van der Waals surface area contributed by atoms with Crippen molar-refractivity contribution in [2.75, 3.05) is 13.2 Å². The second-order valence-electron chi connectivity index (χ2n) is 7.36. The first kappa shape index (κ1) is 18.4. The van der Waals surface area contributed by atoms with Crippen LogP contribution in [0.4, 0.5) is 0 Å². The fourth-order valence-electron chi connectivity index (χ4n) is 3.07. The number of benzene rings is 1. The van der Waals surface area contributed by atoms with Gasteiger partial charge in [-0.15, -0.1) is 0 Å². The third-order valence-corrected chi connectivity index (χ3v) is 4.70. The molecule has 1 aliphatic rings. The van der Waals surface area contributed by atoms with E-state index in [1.54, 1.807) is 26.2 Å². The number of ether oxygens (including phenoxy) is 2. The van der Waals surface area contributed by atoms with E-state index in [0.29, 0.717) is 19.0 Å². The zero-order chi connectivity index (χ0) is 18.6. The van der Waals surface area contributed by atoms with E-state index in [0.717, 1.165) is 12.0 Å². The summed E-state index contributed by atoms with van der Waals surface area (Å²) < 4.78 is 11.5. The zero-order valence-corrected chi connectivity index (χ0v) is 15.6. The standard InChI is InChI=1S/C21H26N2O3/c1-15-4-6-18(7-5-15)26-21(2,3)20(24)23-19-14-25-13-17(19)12-16-8-10-22-11-9-16/h4-11,17,19H,12-14H2,1-3H3,(H,23,24). The fourth-order valence-corrected chi connectivity index (χ4v) is 3.07. The molecule has 1 N–H and O–H groups in total. The van der Waals surface area contributed by atoms with Crippen molar-refractivity contribution in [1.82, 2.24) is 10.3 Å². The lowest BCUT2D eigenvalue weighted by atomic mass is 9.94. The van der Waals surface area contributed by atoms with Crippen LogP contribution in [0.5, 0.6) is 5.75 Å². The van der Waals surface area contributed by atoms with E-state index in [1.807, 2.05) is 43.3 Å². The molecule has 0 radical (unpaired) electrons. The summed E-state index contributed by atoms with van der Waals surface area (Å²) in [6, 6.07) is 11.7. The van der Waals surface area contributed by atoms with Crippen molar-refractivity contribution >= 4 is 5.91 Å². The highest BCUT2D eigenvalue weighted by Gasteiger charge is 2.36. The minimum absolute atomic E-state index is 0.0171. The molecule has 2 aromatic rings. The lowest BCUT2D eigenvalue weighted by Gasteiger charge is -2.28. The number of hydrogen-bond donors (Lipinski definition) is 1. The Balaban J connectivity index is 1.61. The molecule has 5 heteroatoms. The van der Waals surface area contributed by atoms with Crippen molar-refractivity contribution in [2.45, 2.75) is 38.8 Å². The summed E-state index contributed by atoms with van der Waals surface area (Å²) in [5.41, 5.74) is 1.39. The van der Waals surface area contributed by atoms with Crippen LogP contribution in [0.25, 0.3) is 0 Å². The Labute approximate surface area is 154 Å². The summed E-state index contributed by atoms with van der Waals surface area (Å²) in [7, 11) is 0.